The van der Waals surface area contributed by atoms with E-state index < -0.39 is 10.0 Å². The van der Waals surface area contributed by atoms with E-state index in [2.05, 4.69) is 21.1 Å². The molecule has 7 heteroatoms. The molecule has 0 amide bonds. The van der Waals surface area contributed by atoms with E-state index in [1.165, 1.54) is 4.31 Å². The van der Waals surface area contributed by atoms with E-state index in [1.54, 1.807) is 20.9 Å². The van der Waals surface area contributed by atoms with Crippen LogP contribution in [0.2, 0.25) is 0 Å². The zero-order valence-electron chi connectivity index (χ0n) is 10.9. The number of aryl methyl sites for hydroxylation is 2. The maximum Gasteiger partial charge on any atom is 0.248 e. The van der Waals surface area contributed by atoms with Crippen LogP contribution in [0.4, 0.5) is 0 Å². The van der Waals surface area contributed by atoms with Crippen LogP contribution in [0.25, 0.3) is 0 Å². The lowest BCUT2D eigenvalue weighted by Crippen LogP contribution is -2.28. The van der Waals surface area contributed by atoms with E-state index in [4.69, 9.17) is 4.52 Å². The van der Waals surface area contributed by atoms with Gasteiger partial charge in [0.1, 0.15) is 10.6 Å². The summed E-state index contributed by atoms with van der Waals surface area (Å²) in [5, 5.41) is 4.64. The Morgan fingerprint density at radius 2 is 1.94 bits per heavy atom. The molecule has 0 fully saturated rings. The van der Waals surface area contributed by atoms with Crippen LogP contribution in [0, 0.1) is 13.8 Å². The number of hydrogen-bond donors (Lipinski definition) is 0. The highest BCUT2D eigenvalue weighted by Crippen LogP contribution is 2.22. The molecule has 0 N–H and O–H groups in total. The van der Waals surface area contributed by atoms with Crippen molar-refractivity contribution in [2.75, 3.05) is 18.9 Å². The molecule has 0 atom stereocenters. The smallest absolute Gasteiger partial charge is 0.248 e. The molecule has 104 valence electrons. The molecule has 18 heavy (non-hydrogen) atoms. The quantitative estimate of drug-likeness (QED) is 0.566. The Hall–Kier alpha value is -0.400. The molecule has 1 aromatic heterocycles. The third kappa shape index (κ3) is 3.55. The molecule has 0 aliphatic rings. The highest BCUT2D eigenvalue weighted by molar-refractivity contribution is 9.09. The Morgan fingerprint density at radius 3 is 2.44 bits per heavy atom. The van der Waals surface area contributed by atoms with Crippen LogP contribution in [0.15, 0.2) is 9.42 Å². The maximum atomic E-state index is 12.3. The van der Waals surface area contributed by atoms with Gasteiger partial charge >= 0.3 is 0 Å². The summed E-state index contributed by atoms with van der Waals surface area (Å²) in [5.41, 5.74) is 0.416. The fraction of sp³-hybridized carbons (Fsp3) is 0.727. The van der Waals surface area contributed by atoms with Crippen LogP contribution < -0.4 is 0 Å². The van der Waals surface area contributed by atoms with Crippen LogP contribution in [-0.4, -0.2) is 36.8 Å². The Bertz CT molecular complexity index is 465. The van der Waals surface area contributed by atoms with Crippen molar-refractivity contribution < 1.29 is 12.9 Å². The van der Waals surface area contributed by atoms with E-state index in [0.717, 1.165) is 24.6 Å². The number of sulfonamides is 1. The number of alkyl halides is 1. The highest BCUT2D eigenvalue weighted by Gasteiger charge is 2.27. The largest absolute Gasteiger partial charge is 0.360 e. The Balaban J connectivity index is 2.75. The monoisotopic (exact) mass is 338 g/mol. The first-order valence-corrected chi connectivity index (χ1v) is 8.42. The minimum atomic E-state index is -3.48. The summed E-state index contributed by atoms with van der Waals surface area (Å²) in [6.07, 6.45) is 2.91. The average Bonchev–Trinajstić information content (AvgIpc) is 2.64. The summed E-state index contributed by atoms with van der Waals surface area (Å²) in [6.45, 7) is 3.77. The van der Waals surface area contributed by atoms with Crippen molar-refractivity contribution in [3.63, 3.8) is 0 Å². The van der Waals surface area contributed by atoms with E-state index in [9.17, 15) is 8.42 Å². The van der Waals surface area contributed by atoms with Gasteiger partial charge in [-0.25, -0.2) is 12.7 Å². The highest BCUT2D eigenvalue weighted by atomic mass is 79.9. The molecule has 0 bridgehead atoms. The van der Waals surface area contributed by atoms with Gasteiger partial charge in [0.25, 0.3) is 0 Å². The van der Waals surface area contributed by atoms with Crippen LogP contribution >= 0.6 is 15.9 Å². The van der Waals surface area contributed by atoms with E-state index >= 15 is 0 Å². The molecule has 0 aliphatic heterocycles. The fourth-order valence-electron chi connectivity index (χ4n) is 1.72. The maximum absolute atomic E-state index is 12.3. The summed E-state index contributed by atoms with van der Waals surface area (Å²) >= 11 is 3.35. The van der Waals surface area contributed by atoms with Crippen molar-refractivity contribution in [2.24, 2.45) is 0 Å². The average molecular weight is 339 g/mol. The SMILES string of the molecule is Cc1noc(C)c1S(=O)(=O)N(C)CCCCCBr. The predicted octanol–water partition coefficient (Wildman–Crippen LogP) is 2.48. The second-order valence-electron chi connectivity index (χ2n) is 4.23. The van der Waals surface area contributed by atoms with Crippen LogP contribution in [0.3, 0.4) is 0 Å². The third-order valence-corrected chi connectivity index (χ3v) is 5.41. The van der Waals surface area contributed by atoms with Crippen molar-refractivity contribution in [1.82, 2.24) is 9.46 Å². The van der Waals surface area contributed by atoms with Crippen LogP contribution in [0.1, 0.15) is 30.7 Å². The van der Waals surface area contributed by atoms with Crippen LogP contribution in [0.5, 0.6) is 0 Å². The zero-order valence-corrected chi connectivity index (χ0v) is 13.3. The normalized spacial score (nSPS) is 12.3. The first-order valence-electron chi connectivity index (χ1n) is 5.86. The van der Waals surface area contributed by atoms with Gasteiger partial charge in [0, 0.05) is 18.9 Å². The molecule has 0 saturated carbocycles. The van der Waals surface area contributed by atoms with Gasteiger partial charge in [-0.05, 0) is 26.7 Å². The number of rotatable bonds is 7. The molecule has 1 heterocycles. The number of hydrogen-bond acceptors (Lipinski definition) is 4. The molecule has 0 saturated heterocycles. The van der Waals surface area contributed by atoms with Crippen molar-refractivity contribution in [1.29, 1.82) is 0 Å². The zero-order chi connectivity index (χ0) is 13.8. The van der Waals surface area contributed by atoms with Crippen molar-refractivity contribution >= 4 is 26.0 Å². The van der Waals surface area contributed by atoms with Gasteiger partial charge < -0.3 is 4.52 Å². The second kappa shape index (κ2) is 6.68. The molecule has 1 aromatic rings. The topological polar surface area (TPSA) is 63.4 Å². The summed E-state index contributed by atoms with van der Waals surface area (Å²) in [4.78, 5) is 0.200. The van der Waals surface area contributed by atoms with Gasteiger partial charge in [-0.15, -0.1) is 0 Å². The standard InChI is InChI=1S/C11H19BrN2O3S/c1-9-11(10(2)17-13-9)18(15,16)14(3)8-6-4-5-7-12/h4-8H2,1-3H3. The fourth-order valence-corrected chi connectivity index (χ4v) is 3.61. The molecule has 5 nitrogen and oxygen atoms in total. The predicted molar refractivity (Wildman–Crippen MR) is 73.4 cm³/mol. The van der Waals surface area contributed by atoms with Gasteiger partial charge in [-0.2, -0.15) is 0 Å². The lowest BCUT2D eigenvalue weighted by atomic mass is 10.2. The molecular formula is C11H19BrN2O3S. The first kappa shape index (κ1) is 15.7. The Morgan fingerprint density at radius 1 is 1.28 bits per heavy atom. The molecule has 1 rings (SSSR count). The summed E-state index contributed by atoms with van der Waals surface area (Å²) < 4.78 is 30.9. The minimum absolute atomic E-state index is 0.200. The van der Waals surface area contributed by atoms with E-state index in [-0.39, 0.29) is 4.90 Å². The minimum Gasteiger partial charge on any atom is -0.360 e. The molecule has 0 aromatic carbocycles. The summed E-state index contributed by atoms with van der Waals surface area (Å²) in [7, 11) is -1.89. The van der Waals surface area contributed by atoms with Crippen molar-refractivity contribution in [3.8, 4) is 0 Å². The Labute approximate surface area is 117 Å². The van der Waals surface area contributed by atoms with E-state index in [0.29, 0.717) is 18.0 Å². The number of halogens is 1. The summed E-state index contributed by atoms with van der Waals surface area (Å²) in [5.74, 6) is 0.347. The Kier molecular flexibility index (Phi) is 5.81. The van der Waals surface area contributed by atoms with Gasteiger partial charge in [-0.1, -0.05) is 27.5 Å². The first-order chi connectivity index (χ1) is 8.41. The lowest BCUT2D eigenvalue weighted by Gasteiger charge is -2.16. The third-order valence-electron chi connectivity index (χ3n) is 2.74. The van der Waals surface area contributed by atoms with Gasteiger partial charge in [0.05, 0.1) is 0 Å². The molecule has 0 radical (unpaired) electrons. The number of nitrogens with zero attached hydrogens (tertiary/aromatic N) is 2. The molecule has 0 unspecified atom stereocenters. The van der Waals surface area contributed by atoms with Crippen molar-refractivity contribution in [3.05, 3.63) is 11.5 Å². The van der Waals surface area contributed by atoms with Gasteiger partial charge in [0.2, 0.25) is 10.0 Å². The number of unbranched alkanes of at least 4 members (excludes halogenated alkanes) is 2. The second-order valence-corrected chi connectivity index (χ2v) is 7.00. The lowest BCUT2D eigenvalue weighted by molar-refractivity contribution is 0.389. The van der Waals surface area contributed by atoms with Gasteiger partial charge in [0.15, 0.2) is 5.76 Å². The van der Waals surface area contributed by atoms with Crippen LogP contribution in [-0.2, 0) is 10.0 Å². The molecular weight excluding hydrogens is 320 g/mol. The molecule has 0 spiro atoms. The number of aromatic nitrogens is 1. The van der Waals surface area contributed by atoms with Crippen molar-refractivity contribution in [2.45, 2.75) is 38.0 Å². The summed E-state index contributed by atoms with van der Waals surface area (Å²) in [6, 6.07) is 0. The van der Waals surface area contributed by atoms with Gasteiger partial charge in [-0.3, -0.25) is 0 Å². The molecule has 0 aliphatic carbocycles. The van der Waals surface area contributed by atoms with E-state index in [1.807, 2.05) is 0 Å².